The minimum absolute atomic E-state index is 0.125. The first-order chi connectivity index (χ1) is 18.8. The molecule has 9 nitrogen and oxygen atoms in total. The van der Waals surface area contributed by atoms with Crippen molar-refractivity contribution in [2.24, 2.45) is 5.92 Å². The molecule has 5 atom stereocenters. The Hall–Kier alpha value is -4.50. The molecule has 3 aromatic rings. The number of carbonyl (C=O) groups excluding carboxylic acids is 3. The summed E-state index contributed by atoms with van der Waals surface area (Å²) in [5, 5.41) is 7.81. The van der Waals surface area contributed by atoms with Crippen LogP contribution in [0, 0.1) is 11.3 Å². The molecule has 1 saturated heterocycles. The molecular weight excluding hydrogens is 502 g/mol. The molecule has 202 valence electrons. The van der Waals surface area contributed by atoms with Gasteiger partial charge in [-0.15, -0.1) is 0 Å². The second kappa shape index (κ2) is 12.8. The average molecular weight is 532 g/mol. The highest BCUT2D eigenvalue weighted by molar-refractivity contribution is 5.91. The van der Waals surface area contributed by atoms with Crippen LogP contribution in [0.2, 0.25) is 0 Å². The van der Waals surface area contributed by atoms with Crippen molar-refractivity contribution in [3.63, 3.8) is 0 Å². The predicted octanol–water partition coefficient (Wildman–Crippen LogP) is 4.67. The number of carbonyl (C=O) groups is 3. The zero-order valence-electron chi connectivity index (χ0n) is 21.5. The Morgan fingerprint density at radius 1 is 0.692 bits per heavy atom. The molecule has 0 radical (unpaired) electrons. The summed E-state index contributed by atoms with van der Waals surface area (Å²) in [4.78, 5) is 38.8. The van der Waals surface area contributed by atoms with Gasteiger partial charge in [-0.2, -0.15) is 0 Å². The van der Waals surface area contributed by atoms with Crippen molar-refractivity contribution >= 4 is 23.8 Å². The average Bonchev–Trinajstić information content (AvgIpc) is 2.96. The van der Waals surface area contributed by atoms with Crippen LogP contribution in [-0.2, 0) is 23.7 Å². The van der Waals surface area contributed by atoms with Crippen LogP contribution in [-0.4, -0.2) is 55.0 Å². The van der Waals surface area contributed by atoms with E-state index in [2.05, 4.69) is 0 Å². The van der Waals surface area contributed by atoms with Crippen LogP contribution in [0.4, 0.5) is 0 Å². The molecule has 0 spiro atoms. The molecule has 4 rings (SSSR count). The standard InChI is InChI=1S/C30H29NO8/c1-19-25(38-28(33)22-14-8-4-9-15-22)26(39-29(34)23-16-10-5-11-17-23)24(37-30(19)36-20(2)31)18-35-27(32)21-12-6-3-7-13-21/h3-17,19,24-26,30-31H,18H2,1-2H3/t19-,24-,25-,26-,30+/m1/s1. The van der Waals surface area contributed by atoms with Crippen LogP contribution in [0.3, 0.4) is 0 Å². The van der Waals surface area contributed by atoms with Crippen molar-refractivity contribution in [3.05, 3.63) is 108 Å². The molecule has 0 aromatic heterocycles. The first-order valence-electron chi connectivity index (χ1n) is 12.4. The molecule has 1 aliphatic heterocycles. The van der Waals surface area contributed by atoms with E-state index in [4.69, 9.17) is 29.1 Å². The highest BCUT2D eigenvalue weighted by Crippen LogP contribution is 2.33. The molecule has 0 saturated carbocycles. The second-order valence-corrected chi connectivity index (χ2v) is 9.01. The SMILES string of the molecule is CC(=N)O[C@H]1O[C@H](COC(=O)c2ccccc2)[C@@H](OC(=O)c2ccccc2)[C@H](OC(=O)c2ccccc2)[C@H]1C. The van der Waals surface area contributed by atoms with Crippen LogP contribution in [0.5, 0.6) is 0 Å². The Morgan fingerprint density at radius 3 is 1.59 bits per heavy atom. The van der Waals surface area contributed by atoms with Gasteiger partial charge in [0.25, 0.3) is 0 Å². The lowest BCUT2D eigenvalue weighted by Crippen LogP contribution is -2.59. The molecule has 0 bridgehead atoms. The molecule has 1 heterocycles. The van der Waals surface area contributed by atoms with Crippen LogP contribution < -0.4 is 0 Å². The normalized spacial score (nSPS) is 22.3. The fourth-order valence-electron chi connectivity index (χ4n) is 4.15. The first kappa shape index (κ1) is 27.5. The smallest absolute Gasteiger partial charge is 0.338 e. The van der Waals surface area contributed by atoms with Gasteiger partial charge in [0.1, 0.15) is 12.7 Å². The largest absolute Gasteiger partial charge is 0.459 e. The van der Waals surface area contributed by atoms with Gasteiger partial charge in [-0.25, -0.2) is 14.4 Å². The van der Waals surface area contributed by atoms with E-state index in [1.807, 2.05) is 0 Å². The zero-order valence-corrected chi connectivity index (χ0v) is 21.5. The topological polar surface area (TPSA) is 121 Å². The van der Waals surface area contributed by atoms with Crippen LogP contribution in [0.25, 0.3) is 0 Å². The van der Waals surface area contributed by atoms with E-state index in [0.29, 0.717) is 11.1 Å². The number of nitrogens with one attached hydrogen (secondary N) is 1. The Labute approximate surface area is 226 Å². The van der Waals surface area contributed by atoms with E-state index in [0.717, 1.165) is 0 Å². The fraction of sp³-hybridized carbons (Fsp3) is 0.267. The predicted molar refractivity (Wildman–Crippen MR) is 140 cm³/mol. The summed E-state index contributed by atoms with van der Waals surface area (Å²) in [5.74, 6) is -2.70. The number of esters is 3. The molecule has 0 aliphatic carbocycles. The third-order valence-corrected chi connectivity index (χ3v) is 6.13. The Kier molecular flexibility index (Phi) is 9.06. The molecule has 1 fully saturated rings. The van der Waals surface area contributed by atoms with Gasteiger partial charge < -0.3 is 23.7 Å². The van der Waals surface area contributed by atoms with Crippen LogP contribution >= 0.6 is 0 Å². The van der Waals surface area contributed by atoms with Crippen molar-refractivity contribution in [2.75, 3.05) is 6.61 Å². The third kappa shape index (κ3) is 7.08. The Morgan fingerprint density at radius 2 is 1.13 bits per heavy atom. The van der Waals surface area contributed by atoms with Gasteiger partial charge >= 0.3 is 17.9 Å². The van der Waals surface area contributed by atoms with Gasteiger partial charge in [0.2, 0.25) is 6.29 Å². The van der Waals surface area contributed by atoms with Gasteiger partial charge in [-0.1, -0.05) is 61.5 Å². The fourth-order valence-corrected chi connectivity index (χ4v) is 4.15. The lowest BCUT2D eigenvalue weighted by Gasteiger charge is -2.43. The minimum Gasteiger partial charge on any atom is -0.459 e. The van der Waals surface area contributed by atoms with Gasteiger partial charge in [0, 0.05) is 6.92 Å². The molecule has 0 amide bonds. The summed E-state index contributed by atoms with van der Waals surface area (Å²) in [7, 11) is 0. The van der Waals surface area contributed by atoms with Crippen LogP contribution in [0.15, 0.2) is 91.0 Å². The maximum absolute atomic E-state index is 13.1. The molecule has 1 aliphatic rings. The third-order valence-electron chi connectivity index (χ3n) is 6.13. The number of benzene rings is 3. The lowest BCUT2D eigenvalue weighted by molar-refractivity contribution is -0.259. The van der Waals surface area contributed by atoms with E-state index in [1.54, 1.807) is 97.9 Å². The first-order valence-corrected chi connectivity index (χ1v) is 12.4. The molecule has 0 unspecified atom stereocenters. The van der Waals surface area contributed by atoms with Crippen molar-refractivity contribution < 1.29 is 38.1 Å². The Bertz CT molecular complexity index is 1280. The van der Waals surface area contributed by atoms with Gasteiger partial charge in [0.05, 0.1) is 22.6 Å². The minimum atomic E-state index is -1.16. The molecule has 1 N–H and O–H groups in total. The molecular formula is C30H29NO8. The van der Waals surface area contributed by atoms with Crippen molar-refractivity contribution in [3.8, 4) is 0 Å². The van der Waals surface area contributed by atoms with Crippen LogP contribution in [0.1, 0.15) is 44.9 Å². The zero-order chi connectivity index (χ0) is 27.8. The summed E-state index contributed by atoms with van der Waals surface area (Å²) >= 11 is 0. The summed E-state index contributed by atoms with van der Waals surface area (Å²) in [6, 6.07) is 25.1. The monoisotopic (exact) mass is 531 g/mol. The maximum atomic E-state index is 13.1. The van der Waals surface area contributed by atoms with Crippen molar-refractivity contribution in [2.45, 2.75) is 38.4 Å². The van der Waals surface area contributed by atoms with E-state index < -0.39 is 48.4 Å². The number of hydrogen-bond acceptors (Lipinski definition) is 9. The van der Waals surface area contributed by atoms with Gasteiger partial charge in [0.15, 0.2) is 18.1 Å². The van der Waals surface area contributed by atoms with E-state index in [-0.39, 0.29) is 18.1 Å². The maximum Gasteiger partial charge on any atom is 0.338 e. The number of ether oxygens (including phenoxy) is 5. The number of rotatable bonds is 8. The van der Waals surface area contributed by atoms with Crippen molar-refractivity contribution in [1.29, 1.82) is 5.41 Å². The molecule has 39 heavy (non-hydrogen) atoms. The van der Waals surface area contributed by atoms with E-state index in [1.165, 1.54) is 6.92 Å². The summed E-state index contributed by atoms with van der Waals surface area (Å²) in [6.45, 7) is 2.81. The second-order valence-electron chi connectivity index (χ2n) is 9.01. The highest BCUT2D eigenvalue weighted by atomic mass is 16.7. The number of hydrogen-bond donors (Lipinski definition) is 1. The lowest BCUT2D eigenvalue weighted by atomic mass is 9.91. The quantitative estimate of drug-likeness (QED) is 0.193. The van der Waals surface area contributed by atoms with E-state index in [9.17, 15) is 14.4 Å². The highest BCUT2D eigenvalue weighted by Gasteiger charge is 2.50. The van der Waals surface area contributed by atoms with E-state index >= 15 is 0 Å². The molecule has 3 aromatic carbocycles. The summed E-state index contributed by atoms with van der Waals surface area (Å²) in [6.07, 6.45) is -4.32. The van der Waals surface area contributed by atoms with Gasteiger partial charge in [-0.05, 0) is 36.4 Å². The summed E-state index contributed by atoms with van der Waals surface area (Å²) < 4.78 is 28.9. The molecule has 9 heteroatoms. The Balaban J connectivity index is 1.64. The van der Waals surface area contributed by atoms with Gasteiger partial charge in [-0.3, -0.25) is 5.41 Å². The summed E-state index contributed by atoms with van der Waals surface area (Å²) in [5.41, 5.74) is 0.916. The van der Waals surface area contributed by atoms with Crippen molar-refractivity contribution in [1.82, 2.24) is 0 Å².